The standard InChI is InChI=1S/C15H15N3O2S/c1-10-8-11(15(16)17)2-3-12(10)9-21-14-6-4-13(5-7-14)18(19)20/h2-8H,9H2,1H3,(H3,16,17). The first-order chi connectivity index (χ1) is 9.97. The third kappa shape index (κ3) is 3.82. The Bertz CT molecular complexity index is 684. The van der Waals surface area contributed by atoms with E-state index in [9.17, 15) is 10.1 Å². The van der Waals surface area contributed by atoms with Gasteiger partial charge in [-0.15, -0.1) is 11.8 Å². The van der Waals surface area contributed by atoms with E-state index in [2.05, 4.69) is 0 Å². The van der Waals surface area contributed by atoms with E-state index in [4.69, 9.17) is 11.1 Å². The zero-order valence-corrected chi connectivity index (χ0v) is 12.3. The Balaban J connectivity index is 2.06. The molecule has 0 radical (unpaired) electrons. The molecule has 0 saturated heterocycles. The number of hydrogen-bond acceptors (Lipinski definition) is 4. The monoisotopic (exact) mass is 301 g/mol. The van der Waals surface area contributed by atoms with Crippen LogP contribution in [0, 0.1) is 22.4 Å². The number of amidine groups is 1. The quantitative estimate of drug-likeness (QED) is 0.291. The van der Waals surface area contributed by atoms with Crippen molar-refractivity contribution in [2.45, 2.75) is 17.6 Å². The molecule has 3 N–H and O–H groups in total. The minimum absolute atomic E-state index is 0.0627. The van der Waals surface area contributed by atoms with Crippen molar-refractivity contribution < 1.29 is 4.92 Å². The number of nitro groups is 1. The minimum atomic E-state index is -0.404. The van der Waals surface area contributed by atoms with Crippen molar-refractivity contribution in [3.8, 4) is 0 Å². The van der Waals surface area contributed by atoms with E-state index < -0.39 is 4.92 Å². The molecule has 0 atom stereocenters. The lowest BCUT2D eigenvalue weighted by Crippen LogP contribution is -2.11. The molecule has 2 rings (SSSR count). The fourth-order valence-electron chi connectivity index (χ4n) is 1.85. The molecule has 0 aliphatic heterocycles. The van der Waals surface area contributed by atoms with Crippen molar-refractivity contribution in [1.82, 2.24) is 0 Å². The molecule has 108 valence electrons. The Morgan fingerprint density at radius 2 is 1.95 bits per heavy atom. The van der Waals surface area contributed by atoms with Crippen LogP contribution in [0.1, 0.15) is 16.7 Å². The molecule has 0 heterocycles. The van der Waals surface area contributed by atoms with Crippen molar-refractivity contribution >= 4 is 23.3 Å². The molecule has 0 aliphatic rings. The first-order valence-corrected chi connectivity index (χ1v) is 7.27. The number of rotatable bonds is 5. The number of hydrogen-bond donors (Lipinski definition) is 2. The summed E-state index contributed by atoms with van der Waals surface area (Å²) in [6.07, 6.45) is 0. The summed E-state index contributed by atoms with van der Waals surface area (Å²) in [6, 6.07) is 12.2. The van der Waals surface area contributed by atoms with Crippen molar-refractivity contribution in [1.29, 1.82) is 5.41 Å². The van der Waals surface area contributed by atoms with Gasteiger partial charge in [0.1, 0.15) is 5.84 Å². The number of nitrogen functional groups attached to an aromatic ring is 1. The van der Waals surface area contributed by atoms with Crippen LogP contribution in [0.2, 0.25) is 0 Å². The predicted molar refractivity (Wildman–Crippen MR) is 84.9 cm³/mol. The highest BCUT2D eigenvalue weighted by Crippen LogP contribution is 2.26. The molecule has 0 aromatic heterocycles. The fraction of sp³-hybridized carbons (Fsp3) is 0.133. The average molecular weight is 301 g/mol. The van der Waals surface area contributed by atoms with Gasteiger partial charge in [0, 0.05) is 28.3 Å². The van der Waals surface area contributed by atoms with Gasteiger partial charge in [-0.3, -0.25) is 15.5 Å². The summed E-state index contributed by atoms with van der Waals surface area (Å²) in [4.78, 5) is 11.2. The maximum absolute atomic E-state index is 10.6. The van der Waals surface area contributed by atoms with Crippen LogP contribution in [-0.4, -0.2) is 10.8 Å². The molecule has 2 aromatic carbocycles. The third-order valence-electron chi connectivity index (χ3n) is 3.10. The summed E-state index contributed by atoms with van der Waals surface area (Å²) in [5.41, 5.74) is 8.51. The summed E-state index contributed by atoms with van der Waals surface area (Å²) in [5, 5.41) is 18.0. The van der Waals surface area contributed by atoms with Crippen LogP contribution in [0.25, 0.3) is 0 Å². The number of benzene rings is 2. The lowest BCUT2D eigenvalue weighted by atomic mass is 10.1. The van der Waals surface area contributed by atoms with Gasteiger partial charge in [-0.1, -0.05) is 12.1 Å². The lowest BCUT2D eigenvalue weighted by molar-refractivity contribution is -0.384. The summed E-state index contributed by atoms with van der Waals surface area (Å²) >= 11 is 1.61. The Morgan fingerprint density at radius 1 is 1.29 bits per heavy atom. The van der Waals surface area contributed by atoms with E-state index in [1.165, 1.54) is 12.1 Å². The molecule has 2 aromatic rings. The van der Waals surface area contributed by atoms with Crippen molar-refractivity contribution in [2.75, 3.05) is 0 Å². The Morgan fingerprint density at radius 3 is 2.48 bits per heavy atom. The van der Waals surface area contributed by atoms with E-state index in [0.717, 1.165) is 27.3 Å². The molecular formula is C15H15N3O2S. The van der Waals surface area contributed by atoms with Gasteiger partial charge >= 0.3 is 0 Å². The maximum Gasteiger partial charge on any atom is 0.269 e. The van der Waals surface area contributed by atoms with Gasteiger partial charge in [0.25, 0.3) is 5.69 Å². The smallest absolute Gasteiger partial charge is 0.269 e. The van der Waals surface area contributed by atoms with Crippen LogP contribution in [0.3, 0.4) is 0 Å². The second kappa shape index (κ2) is 6.41. The van der Waals surface area contributed by atoms with Crippen LogP contribution in [0.15, 0.2) is 47.4 Å². The molecule has 21 heavy (non-hydrogen) atoms. The van der Waals surface area contributed by atoms with Gasteiger partial charge in [0.2, 0.25) is 0 Å². The summed E-state index contributed by atoms with van der Waals surface area (Å²) in [7, 11) is 0. The Labute approximate surface area is 126 Å². The second-order valence-electron chi connectivity index (χ2n) is 4.59. The van der Waals surface area contributed by atoms with Crippen LogP contribution in [0.4, 0.5) is 5.69 Å². The van der Waals surface area contributed by atoms with Crippen molar-refractivity contribution in [3.63, 3.8) is 0 Å². The zero-order valence-electron chi connectivity index (χ0n) is 11.5. The predicted octanol–water partition coefficient (Wildman–Crippen LogP) is 3.48. The Hall–Kier alpha value is -2.34. The molecule has 6 heteroatoms. The molecule has 0 fully saturated rings. The number of aryl methyl sites for hydroxylation is 1. The number of nitrogens with zero attached hydrogens (tertiary/aromatic N) is 1. The largest absolute Gasteiger partial charge is 0.384 e. The first kappa shape index (κ1) is 15.1. The Kier molecular flexibility index (Phi) is 4.59. The number of non-ortho nitro benzene ring substituents is 1. The number of thioether (sulfide) groups is 1. The van der Waals surface area contributed by atoms with E-state index in [1.807, 2.05) is 25.1 Å². The highest BCUT2D eigenvalue weighted by atomic mass is 32.2. The van der Waals surface area contributed by atoms with E-state index in [1.54, 1.807) is 23.9 Å². The third-order valence-corrected chi connectivity index (χ3v) is 4.16. The van der Waals surface area contributed by atoms with E-state index >= 15 is 0 Å². The molecule has 0 bridgehead atoms. The molecule has 0 unspecified atom stereocenters. The number of nitro benzene ring substituents is 1. The highest BCUT2D eigenvalue weighted by molar-refractivity contribution is 7.98. The highest BCUT2D eigenvalue weighted by Gasteiger charge is 2.06. The van der Waals surface area contributed by atoms with Crippen LogP contribution >= 0.6 is 11.8 Å². The van der Waals surface area contributed by atoms with Gasteiger partial charge in [-0.2, -0.15) is 0 Å². The van der Waals surface area contributed by atoms with Gasteiger partial charge in [0.15, 0.2) is 0 Å². The van der Waals surface area contributed by atoms with Crippen LogP contribution < -0.4 is 5.73 Å². The SMILES string of the molecule is Cc1cc(C(=N)N)ccc1CSc1ccc([N+](=O)[O-])cc1. The van der Waals surface area contributed by atoms with Crippen LogP contribution in [-0.2, 0) is 5.75 Å². The van der Waals surface area contributed by atoms with E-state index in [0.29, 0.717) is 0 Å². The van der Waals surface area contributed by atoms with Crippen LogP contribution in [0.5, 0.6) is 0 Å². The second-order valence-corrected chi connectivity index (χ2v) is 5.64. The molecular weight excluding hydrogens is 286 g/mol. The van der Waals surface area contributed by atoms with Crippen molar-refractivity contribution in [2.24, 2.45) is 5.73 Å². The first-order valence-electron chi connectivity index (χ1n) is 6.28. The molecule has 0 aliphatic carbocycles. The molecule has 0 amide bonds. The van der Waals surface area contributed by atoms with Gasteiger partial charge < -0.3 is 5.73 Å². The number of nitrogens with one attached hydrogen (secondary N) is 1. The summed E-state index contributed by atoms with van der Waals surface area (Å²) < 4.78 is 0. The van der Waals surface area contributed by atoms with E-state index in [-0.39, 0.29) is 11.5 Å². The number of nitrogens with two attached hydrogens (primary N) is 1. The molecule has 0 saturated carbocycles. The summed E-state index contributed by atoms with van der Waals surface area (Å²) in [6.45, 7) is 1.98. The molecule has 0 spiro atoms. The maximum atomic E-state index is 10.6. The summed E-state index contributed by atoms with van der Waals surface area (Å²) in [5.74, 6) is 0.828. The zero-order chi connectivity index (χ0) is 15.4. The normalized spacial score (nSPS) is 10.3. The van der Waals surface area contributed by atoms with Crippen molar-refractivity contribution in [3.05, 3.63) is 69.3 Å². The van der Waals surface area contributed by atoms with Gasteiger partial charge in [-0.05, 0) is 36.2 Å². The lowest BCUT2D eigenvalue weighted by Gasteiger charge is -2.08. The molecule has 5 nitrogen and oxygen atoms in total. The minimum Gasteiger partial charge on any atom is -0.384 e. The van der Waals surface area contributed by atoms with Gasteiger partial charge in [-0.25, -0.2) is 0 Å². The van der Waals surface area contributed by atoms with Gasteiger partial charge in [0.05, 0.1) is 4.92 Å². The average Bonchev–Trinajstić information content (AvgIpc) is 2.46. The topological polar surface area (TPSA) is 93.0 Å². The fourth-order valence-corrected chi connectivity index (χ4v) is 2.83.